The number of aryl methyl sites for hydroxylation is 1. The molecule has 0 aliphatic rings. The summed E-state index contributed by atoms with van der Waals surface area (Å²) >= 11 is 6.02. The summed E-state index contributed by atoms with van der Waals surface area (Å²) in [7, 11) is 4.04. The fourth-order valence-electron chi connectivity index (χ4n) is 1.92. The lowest BCUT2D eigenvalue weighted by Crippen LogP contribution is -2.38. The predicted molar refractivity (Wildman–Crippen MR) is 103 cm³/mol. The molecule has 120 valence electrons. The third-order valence-corrected chi connectivity index (χ3v) is 3.17. The summed E-state index contributed by atoms with van der Waals surface area (Å²) in [5.74, 6) is 0.925. The molecular weight excluding hydrogens is 399 g/mol. The van der Waals surface area contributed by atoms with E-state index in [9.17, 15) is 0 Å². The molecule has 0 saturated carbocycles. The molecule has 1 rings (SSSR count). The lowest BCUT2D eigenvalue weighted by atomic mass is 10.4. The van der Waals surface area contributed by atoms with Crippen LogP contribution >= 0.6 is 35.6 Å². The van der Waals surface area contributed by atoms with Crippen LogP contribution in [-0.2, 0) is 13.6 Å². The van der Waals surface area contributed by atoms with Gasteiger partial charge in [0, 0.05) is 39.1 Å². The predicted octanol–water partition coefficient (Wildman–Crippen LogP) is 3.66. The Morgan fingerprint density at radius 1 is 1.52 bits per heavy atom. The molecule has 1 aromatic rings. The number of halogens is 2. The quantitative estimate of drug-likeness (QED) is 0.248. The van der Waals surface area contributed by atoms with E-state index in [2.05, 4.69) is 34.3 Å². The van der Waals surface area contributed by atoms with Gasteiger partial charge in [0.15, 0.2) is 5.96 Å². The molecule has 4 nitrogen and oxygen atoms in total. The van der Waals surface area contributed by atoms with Crippen molar-refractivity contribution in [3.8, 4) is 0 Å². The lowest BCUT2D eigenvalue weighted by Gasteiger charge is -2.22. The number of aromatic nitrogens is 1. The second-order valence-corrected chi connectivity index (χ2v) is 5.15. The molecule has 6 heteroatoms. The van der Waals surface area contributed by atoms with Crippen molar-refractivity contribution in [2.24, 2.45) is 12.0 Å². The topological polar surface area (TPSA) is 32.6 Å². The average molecular weight is 425 g/mol. The Morgan fingerprint density at radius 2 is 2.24 bits per heavy atom. The van der Waals surface area contributed by atoms with Crippen molar-refractivity contribution in [2.75, 3.05) is 20.1 Å². The zero-order chi connectivity index (χ0) is 15.0. The number of guanidine groups is 1. The maximum Gasteiger partial charge on any atom is 0.194 e. The fraction of sp³-hybridized carbons (Fsp3) is 0.533. The highest BCUT2D eigenvalue weighted by atomic mass is 127. The zero-order valence-electron chi connectivity index (χ0n) is 13.3. The highest BCUT2D eigenvalue weighted by Crippen LogP contribution is 2.14. The number of hydrogen-bond donors (Lipinski definition) is 1. The maximum absolute atomic E-state index is 6.02. The van der Waals surface area contributed by atoms with Crippen LogP contribution in [0.15, 0.2) is 29.4 Å². The van der Waals surface area contributed by atoms with Gasteiger partial charge in [0.2, 0.25) is 0 Å². The van der Waals surface area contributed by atoms with Crippen molar-refractivity contribution >= 4 is 41.5 Å². The van der Waals surface area contributed by atoms with E-state index in [1.54, 1.807) is 0 Å². The van der Waals surface area contributed by atoms with E-state index in [4.69, 9.17) is 11.6 Å². The first kappa shape index (κ1) is 20.3. The Kier molecular flexibility index (Phi) is 10.6. The van der Waals surface area contributed by atoms with E-state index in [1.807, 2.05) is 37.8 Å². The summed E-state index contributed by atoms with van der Waals surface area (Å²) < 4.78 is 2.04. The monoisotopic (exact) mass is 424 g/mol. The third-order valence-electron chi connectivity index (χ3n) is 2.96. The second-order valence-electron chi connectivity index (χ2n) is 4.71. The van der Waals surface area contributed by atoms with Crippen LogP contribution in [0.2, 0.25) is 5.02 Å². The van der Waals surface area contributed by atoms with Crippen LogP contribution in [-0.4, -0.2) is 35.6 Å². The minimum Gasteiger partial charge on any atom is -0.357 e. The van der Waals surface area contributed by atoms with Crippen LogP contribution in [0.4, 0.5) is 0 Å². The first-order valence-electron chi connectivity index (χ1n) is 6.99. The molecule has 0 radical (unpaired) electrons. The van der Waals surface area contributed by atoms with Crippen LogP contribution in [0, 0.1) is 0 Å². The summed E-state index contributed by atoms with van der Waals surface area (Å²) in [6, 6.07) is 1.99. The largest absolute Gasteiger partial charge is 0.357 e. The number of allylic oxidation sites excluding steroid dienone is 1. The minimum absolute atomic E-state index is 0. The molecule has 0 atom stereocenters. The van der Waals surface area contributed by atoms with E-state index < -0.39 is 0 Å². The van der Waals surface area contributed by atoms with Gasteiger partial charge in [-0.05, 0) is 26.3 Å². The van der Waals surface area contributed by atoms with Crippen LogP contribution in [0.3, 0.4) is 0 Å². The van der Waals surface area contributed by atoms with Crippen LogP contribution < -0.4 is 5.32 Å². The molecule has 0 aromatic carbocycles. The number of nitrogens with zero attached hydrogens (tertiary/aromatic N) is 3. The van der Waals surface area contributed by atoms with Crippen molar-refractivity contribution in [3.05, 3.63) is 35.1 Å². The fourth-order valence-corrected chi connectivity index (χ4v) is 2.19. The Bertz CT molecular complexity index is 468. The van der Waals surface area contributed by atoms with Gasteiger partial charge in [-0.2, -0.15) is 0 Å². The number of rotatable bonds is 6. The van der Waals surface area contributed by atoms with Gasteiger partial charge >= 0.3 is 0 Å². The SMILES string of the molecule is C/C=C/CCN=C(NCC)N(C)Cc1cc(Cl)cn1C.I. The standard InChI is InChI=1S/C15H25ClN4.HI/c1-5-7-8-9-18-15(17-6-2)20(4)12-14-10-13(16)11-19(14)3;/h5,7,10-11H,6,8-9,12H2,1-4H3,(H,17,18);1H/b7-5+;. The van der Waals surface area contributed by atoms with Crippen molar-refractivity contribution in [1.29, 1.82) is 0 Å². The maximum atomic E-state index is 6.02. The van der Waals surface area contributed by atoms with E-state index in [-0.39, 0.29) is 24.0 Å². The Morgan fingerprint density at radius 3 is 2.76 bits per heavy atom. The molecule has 0 amide bonds. The molecule has 1 N–H and O–H groups in total. The van der Waals surface area contributed by atoms with Crippen molar-refractivity contribution in [3.63, 3.8) is 0 Å². The van der Waals surface area contributed by atoms with E-state index >= 15 is 0 Å². The van der Waals surface area contributed by atoms with E-state index in [0.717, 1.165) is 42.7 Å². The summed E-state index contributed by atoms with van der Waals surface area (Å²) in [5, 5.41) is 4.08. The summed E-state index contributed by atoms with van der Waals surface area (Å²) in [5.41, 5.74) is 1.16. The molecule has 0 aliphatic heterocycles. The van der Waals surface area contributed by atoms with Gasteiger partial charge in [-0.3, -0.25) is 4.99 Å². The molecule has 0 bridgehead atoms. The number of aliphatic imine (C=N–C) groups is 1. The van der Waals surface area contributed by atoms with E-state index in [0.29, 0.717) is 0 Å². The smallest absolute Gasteiger partial charge is 0.194 e. The summed E-state index contributed by atoms with van der Waals surface area (Å²) in [4.78, 5) is 6.74. The highest BCUT2D eigenvalue weighted by Gasteiger charge is 2.09. The van der Waals surface area contributed by atoms with Crippen molar-refractivity contribution in [1.82, 2.24) is 14.8 Å². The highest BCUT2D eigenvalue weighted by molar-refractivity contribution is 14.0. The molecule has 0 saturated heterocycles. The molecule has 0 spiro atoms. The van der Waals surface area contributed by atoms with Crippen molar-refractivity contribution in [2.45, 2.75) is 26.8 Å². The molecule has 0 fully saturated rings. The Hall–Kier alpha value is -0.690. The normalized spacial score (nSPS) is 11.6. The molecule has 0 unspecified atom stereocenters. The summed E-state index contributed by atoms with van der Waals surface area (Å²) in [6.45, 7) is 6.54. The lowest BCUT2D eigenvalue weighted by molar-refractivity contribution is 0.462. The number of hydrogen-bond acceptors (Lipinski definition) is 1. The molecule has 1 heterocycles. The van der Waals surface area contributed by atoms with Crippen molar-refractivity contribution < 1.29 is 0 Å². The summed E-state index contributed by atoms with van der Waals surface area (Å²) in [6.07, 6.45) is 7.07. The average Bonchev–Trinajstić information content (AvgIpc) is 2.71. The van der Waals surface area contributed by atoms with Gasteiger partial charge in [0.1, 0.15) is 0 Å². The van der Waals surface area contributed by atoms with Crippen LogP contribution in [0.5, 0.6) is 0 Å². The van der Waals surface area contributed by atoms with Gasteiger partial charge in [0.05, 0.1) is 11.6 Å². The second kappa shape index (κ2) is 11.0. The molecule has 0 aliphatic carbocycles. The third kappa shape index (κ3) is 7.22. The van der Waals surface area contributed by atoms with E-state index in [1.165, 1.54) is 0 Å². The number of nitrogens with one attached hydrogen (secondary N) is 1. The Labute approximate surface area is 150 Å². The van der Waals surface area contributed by atoms with Crippen LogP contribution in [0.25, 0.3) is 0 Å². The molecule has 1 aromatic heterocycles. The van der Waals surface area contributed by atoms with Gasteiger partial charge in [-0.1, -0.05) is 23.8 Å². The minimum atomic E-state index is 0. The van der Waals surface area contributed by atoms with Gasteiger partial charge in [-0.15, -0.1) is 24.0 Å². The van der Waals surface area contributed by atoms with Gasteiger partial charge in [0.25, 0.3) is 0 Å². The molecule has 21 heavy (non-hydrogen) atoms. The Balaban J connectivity index is 0.00000400. The zero-order valence-corrected chi connectivity index (χ0v) is 16.4. The van der Waals surface area contributed by atoms with Gasteiger partial charge in [-0.25, -0.2) is 0 Å². The van der Waals surface area contributed by atoms with Crippen LogP contribution in [0.1, 0.15) is 26.0 Å². The van der Waals surface area contributed by atoms with Gasteiger partial charge < -0.3 is 14.8 Å². The first-order chi connectivity index (χ1) is 9.58. The molecular formula is C15H26ClIN4. The first-order valence-corrected chi connectivity index (χ1v) is 7.37.